The van der Waals surface area contributed by atoms with Gasteiger partial charge in [0.2, 0.25) is 5.91 Å². The van der Waals surface area contributed by atoms with Gasteiger partial charge in [0.15, 0.2) is 0 Å². The Labute approximate surface area is 97.4 Å². The first-order valence-corrected chi connectivity index (χ1v) is 6.07. The van der Waals surface area contributed by atoms with Crippen molar-refractivity contribution >= 4 is 5.91 Å². The molecule has 0 radical (unpaired) electrons. The number of alkyl halides is 1. The van der Waals surface area contributed by atoms with Crippen LogP contribution in [0.5, 0.6) is 0 Å². The molecule has 0 bridgehead atoms. The van der Waals surface area contributed by atoms with E-state index in [4.69, 9.17) is 0 Å². The number of rotatable bonds is 5. The lowest BCUT2D eigenvalue weighted by Crippen LogP contribution is -2.55. The van der Waals surface area contributed by atoms with Gasteiger partial charge in [0.05, 0.1) is 0 Å². The Morgan fingerprint density at radius 2 is 1.94 bits per heavy atom. The van der Waals surface area contributed by atoms with Crippen LogP contribution in [-0.2, 0) is 4.79 Å². The molecule has 1 amide bonds. The summed E-state index contributed by atoms with van der Waals surface area (Å²) in [5, 5.41) is 3.03. The molecule has 1 aliphatic rings. The highest BCUT2D eigenvalue weighted by Gasteiger charge is 2.29. The van der Waals surface area contributed by atoms with Crippen molar-refractivity contribution in [2.75, 3.05) is 19.6 Å². The van der Waals surface area contributed by atoms with Gasteiger partial charge in [-0.3, -0.25) is 9.69 Å². The summed E-state index contributed by atoms with van der Waals surface area (Å²) in [6.45, 7) is 9.72. The van der Waals surface area contributed by atoms with Crippen molar-refractivity contribution in [3.05, 3.63) is 0 Å². The number of hydrogen-bond donors (Lipinski definition) is 1. The molecule has 94 valence electrons. The molecule has 0 aromatic carbocycles. The summed E-state index contributed by atoms with van der Waals surface area (Å²) in [6.07, 6.45) is -0.673. The highest BCUT2D eigenvalue weighted by atomic mass is 19.1. The fraction of sp³-hybridized carbons (Fsp3) is 0.917. The lowest BCUT2D eigenvalue weighted by Gasteiger charge is -2.38. The maximum Gasteiger partial charge on any atom is 0.222 e. The number of carbonyl (C=O) groups excluding carboxylic acids is 1. The Morgan fingerprint density at radius 3 is 2.31 bits per heavy atom. The van der Waals surface area contributed by atoms with Gasteiger partial charge in [-0.15, -0.1) is 0 Å². The lowest BCUT2D eigenvalue weighted by molar-refractivity contribution is -0.125. The van der Waals surface area contributed by atoms with Crippen LogP contribution in [0.2, 0.25) is 0 Å². The van der Waals surface area contributed by atoms with Gasteiger partial charge in [0.25, 0.3) is 0 Å². The van der Waals surface area contributed by atoms with E-state index in [1.807, 2.05) is 13.8 Å². The van der Waals surface area contributed by atoms with E-state index >= 15 is 0 Å². The molecule has 0 saturated carbocycles. The molecule has 1 atom stereocenters. The first kappa shape index (κ1) is 13.4. The molecule has 1 N–H and O–H groups in total. The molecule has 16 heavy (non-hydrogen) atoms. The third kappa shape index (κ3) is 3.74. The van der Waals surface area contributed by atoms with Gasteiger partial charge in [0, 0.05) is 31.6 Å². The zero-order chi connectivity index (χ0) is 12.3. The van der Waals surface area contributed by atoms with Crippen LogP contribution in [0.3, 0.4) is 0 Å². The maximum absolute atomic E-state index is 12.7. The number of likely N-dealkylation sites (tertiary alicyclic amines) is 1. The smallest absolute Gasteiger partial charge is 0.222 e. The van der Waals surface area contributed by atoms with E-state index in [1.165, 1.54) is 0 Å². The average molecular weight is 230 g/mol. The van der Waals surface area contributed by atoms with E-state index in [2.05, 4.69) is 24.1 Å². The van der Waals surface area contributed by atoms with Crippen molar-refractivity contribution in [1.82, 2.24) is 10.2 Å². The third-order valence-electron chi connectivity index (χ3n) is 3.02. The number of amides is 1. The number of hydrogen-bond acceptors (Lipinski definition) is 2. The summed E-state index contributed by atoms with van der Waals surface area (Å²) in [6, 6.07) is 0.127. The average Bonchev–Trinajstić information content (AvgIpc) is 2.13. The Morgan fingerprint density at radius 1 is 1.38 bits per heavy atom. The van der Waals surface area contributed by atoms with E-state index in [0.717, 1.165) is 6.54 Å². The number of carbonyl (C=O) groups is 1. The van der Waals surface area contributed by atoms with Crippen LogP contribution in [0, 0.1) is 11.8 Å². The summed E-state index contributed by atoms with van der Waals surface area (Å²) in [5.74, 6) is 0.462. The van der Waals surface area contributed by atoms with Gasteiger partial charge in [-0.25, -0.2) is 4.39 Å². The normalized spacial score (nSPS) is 19.9. The van der Waals surface area contributed by atoms with E-state index in [0.29, 0.717) is 19.0 Å². The van der Waals surface area contributed by atoms with Crippen molar-refractivity contribution in [2.45, 2.75) is 39.9 Å². The summed E-state index contributed by atoms with van der Waals surface area (Å²) in [5.41, 5.74) is 0. The molecular weight excluding hydrogens is 207 g/mol. The first-order chi connectivity index (χ1) is 7.40. The summed E-state index contributed by atoms with van der Waals surface area (Å²) < 4.78 is 12.7. The second-order valence-electron chi connectivity index (χ2n) is 5.33. The van der Waals surface area contributed by atoms with Crippen LogP contribution in [0.25, 0.3) is 0 Å². The minimum atomic E-state index is -0.673. The van der Waals surface area contributed by atoms with Crippen LogP contribution in [0.1, 0.15) is 27.7 Å². The molecular formula is C12H23FN2O. The van der Waals surface area contributed by atoms with Crippen LogP contribution >= 0.6 is 0 Å². The molecule has 0 spiro atoms. The lowest BCUT2D eigenvalue weighted by atomic mass is 10.0. The molecule has 1 saturated heterocycles. The van der Waals surface area contributed by atoms with Crippen molar-refractivity contribution in [3.8, 4) is 0 Å². The van der Waals surface area contributed by atoms with Crippen molar-refractivity contribution < 1.29 is 9.18 Å². The summed E-state index contributed by atoms with van der Waals surface area (Å²) in [4.78, 5) is 13.7. The standard InChI is InChI=1S/C12H23FN2O/c1-8(2)11(14-12(16)9(3)4)7-15-5-10(13)6-15/h8-11H,5-7H2,1-4H3,(H,14,16)/t11-/m1/s1. The molecule has 0 aliphatic carbocycles. The Kier molecular flexibility index (Phi) is 4.71. The van der Waals surface area contributed by atoms with Crippen molar-refractivity contribution in [1.29, 1.82) is 0 Å². The molecule has 0 unspecified atom stereocenters. The van der Waals surface area contributed by atoms with Gasteiger partial charge >= 0.3 is 0 Å². The molecule has 1 fully saturated rings. The van der Waals surface area contributed by atoms with Gasteiger partial charge < -0.3 is 5.32 Å². The summed E-state index contributed by atoms with van der Waals surface area (Å²) in [7, 11) is 0. The van der Waals surface area contributed by atoms with Crippen molar-refractivity contribution in [3.63, 3.8) is 0 Å². The zero-order valence-corrected chi connectivity index (χ0v) is 10.7. The second-order valence-corrected chi connectivity index (χ2v) is 5.33. The molecule has 1 aliphatic heterocycles. The highest BCUT2D eigenvalue weighted by molar-refractivity contribution is 5.78. The molecule has 0 aromatic rings. The van der Waals surface area contributed by atoms with Crippen LogP contribution in [0.4, 0.5) is 4.39 Å². The predicted molar refractivity (Wildman–Crippen MR) is 62.9 cm³/mol. The zero-order valence-electron chi connectivity index (χ0n) is 10.7. The van der Waals surface area contributed by atoms with E-state index in [-0.39, 0.29) is 17.9 Å². The Hall–Kier alpha value is -0.640. The van der Waals surface area contributed by atoms with Gasteiger partial charge in [-0.05, 0) is 5.92 Å². The van der Waals surface area contributed by atoms with E-state index in [1.54, 1.807) is 0 Å². The minimum Gasteiger partial charge on any atom is -0.352 e. The van der Waals surface area contributed by atoms with Gasteiger partial charge in [0.1, 0.15) is 6.17 Å². The monoisotopic (exact) mass is 230 g/mol. The topological polar surface area (TPSA) is 32.3 Å². The first-order valence-electron chi connectivity index (χ1n) is 6.07. The fourth-order valence-electron chi connectivity index (χ4n) is 1.71. The highest BCUT2D eigenvalue weighted by Crippen LogP contribution is 2.14. The number of nitrogens with zero attached hydrogens (tertiary/aromatic N) is 1. The number of nitrogens with one attached hydrogen (secondary N) is 1. The fourth-order valence-corrected chi connectivity index (χ4v) is 1.71. The van der Waals surface area contributed by atoms with E-state index < -0.39 is 6.17 Å². The third-order valence-corrected chi connectivity index (χ3v) is 3.02. The van der Waals surface area contributed by atoms with Gasteiger partial charge in [-0.2, -0.15) is 0 Å². The van der Waals surface area contributed by atoms with Crippen LogP contribution in [0.15, 0.2) is 0 Å². The largest absolute Gasteiger partial charge is 0.352 e. The minimum absolute atomic E-state index is 0.00608. The van der Waals surface area contributed by atoms with Gasteiger partial charge in [-0.1, -0.05) is 27.7 Å². The molecule has 0 aromatic heterocycles. The SMILES string of the molecule is CC(C)C(=O)N[C@H](CN1CC(F)C1)C(C)C. The van der Waals surface area contributed by atoms with Crippen LogP contribution < -0.4 is 5.32 Å². The second kappa shape index (κ2) is 5.62. The molecule has 1 rings (SSSR count). The van der Waals surface area contributed by atoms with Crippen LogP contribution in [-0.4, -0.2) is 42.7 Å². The molecule has 4 heteroatoms. The quantitative estimate of drug-likeness (QED) is 0.775. The number of halogens is 1. The Balaban J connectivity index is 2.39. The summed E-state index contributed by atoms with van der Waals surface area (Å²) >= 11 is 0. The predicted octanol–water partition coefficient (Wildman–Crippen LogP) is 1.44. The molecule has 3 nitrogen and oxygen atoms in total. The maximum atomic E-state index is 12.7. The Bertz CT molecular complexity index is 237. The molecule has 1 heterocycles. The van der Waals surface area contributed by atoms with Crippen molar-refractivity contribution in [2.24, 2.45) is 11.8 Å². The van der Waals surface area contributed by atoms with E-state index in [9.17, 15) is 9.18 Å².